The van der Waals surface area contributed by atoms with Gasteiger partial charge in [-0.1, -0.05) is 125 Å². The van der Waals surface area contributed by atoms with Crippen molar-refractivity contribution in [2.24, 2.45) is 10.4 Å². The lowest BCUT2D eigenvalue weighted by molar-refractivity contribution is 0.360. The zero-order valence-corrected chi connectivity index (χ0v) is 27.5. The predicted molar refractivity (Wildman–Crippen MR) is 194 cm³/mol. The summed E-state index contributed by atoms with van der Waals surface area (Å²) in [6, 6.07) is 13.8. The van der Waals surface area contributed by atoms with Gasteiger partial charge in [0.15, 0.2) is 0 Å². The Morgan fingerprint density at radius 1 is 0.702 bits per heavy atom. The van der Waals surface area contributed by atoms with Crippen LogP contribution in [-0.2, 0) is 5.41 Å². The molecule has 47 heavy (non-hydrogen) atoms. The third-order valence-electron chi connectivity index (χ3n) is 9.59. The first-order valence-electron chi connectivity index (χ1n) is 16.4. The van der Waals surface area contributed by atoms with Gasteiger partial charge in [0.1, 0.15) is 5.75 Å². The summed E-state index contributed by atoms with van der Waals surface area (Å²) in [5.74, 6) is 17.8. The molecule has 2 aromatic rings. The van der Waals surface area contributed by atoms with E-state index in [1.54, 1.807) is 6.21 Å². The number of rotatable bonds is 6. The molecule has 230 valence electrons. The van der Waals surface area contributed by atoms with Crippen molar-refractivity contribution < 1.29 is 5.11 Å². The number of benzene rings is 2. The molecule has 5 aliphatic carbocycles. The summed E-state index contributed by atoms with van der Waals surface area (Å²) in [6.07, 6.45) is 34.4. The van der Waals surface area contributed by atoms with Gasteiger partial charge in [0, 0.05) is 65.2 Å². The van der Waals surface area contributed by atoms with Gasteiger partial charge in [0.05, 0.1) is 5.69 Å². The van der Waals surface area contributed by atoms with Crippen LogP contribution in [0.1, 0.15) is 57.2 Å². The third-order valence-corrected chi connectivity index (χ3v) is 9.59. The van der Waals surface area contributed by atoms with Gasteiger partial charge in [-0.15, -0.1) is 0 Å². The Balaban J connectivity index is 1.09. The van der Waals surface area contributed by atoms with Crippen molar-refractivity contribution in [1.82, 2.24) is 0 Å². The van der Waals surface area contributed by atoms with Gasteiger partial charge in [-0.25, -0.2) is 0 Å². The van der Waals surface area contributed by atoms with E-state index in [0.717, 1.165) is 29.7 Å². The van der Waals surface area contributed by atoms with E-state index in [4.69, 9.17) is 0 Å². The molecule has 1 unspecified atom stereocenters. The van der Waals surface area contributed by atoms with E-state index in [9.17, 15) is 5.11 Å². The monoisotopic (exact) mass is 609 g/mol. The molecule has 2 nitrogen and oxygen atoms in total. The molecule has 0 saturated heterocycles. The molecule has 10 radical (unpaired) electrons. The van der Waals surface area contributed by atoms with Crippen LogP contribution in [0, 0.1) is 77.4 Å². The van der Waals surface area contributed by atoms with E-state index >= 15 is 0 Å². The van der Waals surface area contributed by atoms with Crippen LogP contribution in [0.25, 0.3) is 0 Å². The van der Waals surface area contributed by atoms with Crippen LogP contribution in [0.15, 0.2) is 120 Å². The topological polar surface area (TPSA) is 32.6 Å². The smallest absolute Gasteiger partial charge is 0.128 e. The first-order chi connectivity index (χ1) is 22.7. The molecule has 2 aromatic carbocycles. The van der Waals surface area contributed by atoms with Gasteiger partial charge in [-0.05, 0) is 71.9 Å². The molecule has 2 heteroatoms. The molecule has 2 fully saturated rings. The maximum absolute atomic E-state index is 10.8. The SMILES string of the molecule is CC(CCC#Cc1ccc(N=Cc2cccc(C(C)(C)C)c2O)cc1)([C]1[CH][CH][C]2C=CC=C[C]21)[C]1[C]2C=CC=C[C]2[C]2C=CC=C[C]21. The van der Waals surface area contributed by atoms with Crippen LogP contribution in [-0.4, -0.2) is 11.3 Å². The molecule has 0 aromatic heterocycles. The van der Waals surface area contributed by atoms with Gasteiger partial charge < -0.3 is 5.11 Å². The molecule has 0 amide bonds. The second kappa shape index (κ2) is 12.8. The Kier molecular flexibility index (Phi) is 8.61. The minimum Gasteiger partial charge on any atom is -0.507 e. The van der Waals surface area contributed by atoms with Gasteiger partial charge in [-0.3, -0.25) is 4.99 Å². The molecule has 7 rings (SSSR count). The molecule has 2 saturated carbocycles. The molecule has 1 atom stereocenters. The first kappa shape index (κ1) is 31.5. The van der Waals surface area contributed by atoms with Crippen LogP contribution >= 0.6 is 0 Å². The largest absolute Gasteiger partial charge is 0.507 e. The number of hydrogen-bond donors (Lipinski definition) is 1. The standard InChI is InChI=1S/C45H39NO/c1-44(2,3)41-22-13-16-33(43(41)47)30-46-34-26-23-31(24-27-34)14-11-12-29-45(4,40-28-25-32-15-5-6-17-35(32)40)42-38-20-9-7-18-36(38)37-19-8-10-21-39(37)42/h5-10,13,15-28,30,47H,12,29H2,1-4H3. The van der Waals surface area contributed by atoms with Crippen molar-refractivity contribution in [2.75, 3.05) is 0 Å². The Morgan fingerprint density at radius 3 is 1.98 bits per heavy atom. The quantitative estimate of drug-likeness (QED) is 0.257. The Labute approximate surface area is 282 Å². The summed E-state index contributed by atoms with van der Waals surface area (Å²) in [5.41, 5.74) is 3.03. The fourth-order valence-electron chi connectivity index (χ4n) is 7.16. The van der Waals surface area contributed by atoms with Crippen molar-refractivity contribution in [3.05, 3.63) is 192 Å². The van der Waals surface area contributed by atoms with Crippen LogP contribution in [0.5, 0.6) is 5.75 Å². The lowest BCUT2D eigenvalue weighted by atomic mass is 9.56. The minimum absolute atomic E-state index is 0.145. The minimum atomic E-state index is -0.241. The summed E-state index contributed by atoms with van der Waals surface area (Å²) in [6.45, 7) is 8.70. The van der Waals surface area contributed by atoms with E-state index in [2.05, 4.69) is 130 Å². The van der Waals surface area contributed by atoms with Gasteiger partial charge in [0.2, 0.25) is 0 Å². The molecule has 1 N–H and O–H groups in total. The highest BCUT2D eigenvalue weighted by atomic mass is 16.3. The van der Waals surface area contributed by atoms with Crippen molar-refractivity contribution in [1.29, 1.82) is 0 Å². The van der Waals surface area contributed by atoms with Crippen LogP contribution in [0.3, 0.4) is 0 Å². The Bertz CT molecular complexity index is 1710. The number of phenolic OH excluding ortho intramolecular Hbond substituents is 1. The maximum Gasteiger partial charge on any atom is 0.128 e. The molecule has 0 spiro atoms. The number of aromatic hydroxyl groups is 1. The summed E-state index contributed by atoms with van der Waals surface area (Å²) >= 11 is 0. The second-order valence-electron chi connectivity index (χ2n) is 13.7. The number of aliphatic imine (C=N–C) groups is 1. The molecule has 5 aliphatic rings. The number of para-hydroxylation sites is 1. The highest BCUT2D eigenvalue weighted by Crippen LogP contribution is 2.68. The van der Waals surface area contributed by atoms with Crippen molar-refractivity contribution in [3.8, 4) is 17.6 Å². The number of hydrogen-bond acceptors (Lipinski definition) is 2. The lowest BCUT2D eigenvalue weighted by Gasteiger charge is -2.46. The van der Waals surface area contributed by atoms with Crippen LogP contribution in [0.4, 0.5) is 5.69 Å². The first-order valence-corrected chi connectivity index (χ1v) is 16.4. The molecular formula is C45H39NO. The zero-order valence-electron chi connectivity index (χ0n) is 27.5. The number of allylic oxidation sites excluding steroid dienone is 12. The molecular weight excluding hydrogens is 571 g/mol. The molecule has 0 bridgehead atoms. The second-order valence-corrected chi connectivity index (χ2v) is 13.7. The third kappa shape index (κ3) is 6.07. The summed E-state index contributed by atoms with van der Waals surface area (Å²) in [5, 5.41) is 10.8. The van der Waals surface area contributed by atoms with Crippen LogP contribution in [0.2, 0.25) is 0 Å². The molecule has 0 heterocycles. The van der Waals surface area contributed by atoms with E-state index in [1.165, 1.54) is 47.3 Å². The summed E-state index contributed by atoms with van der Waals surface area (Å²) < 4.78 is 0. The van der Waals surface area contributed by atoms with Crippen molar-refractivity contribution >= 4 is 11.9 Å². The van der Waals surface area contributed by atoms with E-state index in [1.807, 2.05) is 42.5 Å². The zero-order chi connectivity index (χ0) is 32.6. The van der Waals surface area contributed by atoms with Crippen LogP contribution < -0.4 is 0 Å². The fourth-order valence-corrected chi connectivity index (χ4v) is 7.16. The summed E-state index contributed by atoms with van der Waals surface area (Å²) in [4.78, 5) is 4.63. The van der Waals surface area contributed by atoms with Crippen molar-refractivity contribution in [3.63, 3.8) is 0 Å². The lowest BCUT2D eigenvalue weighted by Crippen LogP contribution is -2.38. The average Bonchev–Trinajstić information content (AvgIpc) is 3.67. The highest BCUT2D eigenvalue weighted by molar-refractivity contribution is 5.86. The number of nitrogens with zero attached hydrogens (tertiary/aromatic N) is 1. The highest BCUT2D eigenvalue weighted by Gasteiger charge is 2.60. The van der Waals surface area contributed by atoms with Gasteiger partial charge in [0.25, 0.3) is 0 Å². The Hall–Kier alpha value is -4.09. The number of fused-ring (bicyclic) bond motifs is 4. The van der Waals surface area contributed by atoms with E-state index < -0.39 is 0 Å². The normalized spacial score (nSPS) is 22.1. The predicted octanol–water partition coefficient (Wildman–Crippen LogP) is 9.99. The maximum atomic E-state index is 10.8. The van der Waals surface area contributed by atoms with Gasteiger partial charge >= 0.3 is 0 Å². The Morgan fingerprint density at radius 2 is 1.32 bits per heavy atom. The average molecular weight is 610 g/mol. The van der Waals surface area contributed by atoms with E-state index in [-0.39, 0.29) is 16.6 Å². The fraction of sp³-hybridized carbons (Fsp3) is 0.178. The van der Waals surface area contributed by atoms with Gasteiger partial charge in [-0.2, -0.15) is 0 Å². The molecule has 0 aliphatic heterocycles. The number of phenols is 1. The summed E-state index contributed by atoms with van der Waals surface area (Å²) in [7, 11) is 0. The van der Waals surface area contributed by atoms with Crippen molar-refractivity contribution in [2.45, 2.75) is 46.0 Å². The van der Waals surface area contributed by atoms with E-state index in [0.29, 0.717) is 5.56 Å².